The number of methoxy groups -OCH3 is 1. The van der Waals surface area contributed by atoms with Crippen molar-refractivity contribution in [2.75, 3.05) is 39.1 Å². The maximum Gasteiger partial charge on any atom is 0.251 e. The van der Waals surface area contributed by atoms with Gasteiger partial charge in [0.1, 0.15) is 0 Å². The minimum Gasteiger partial charge on any atom is -0.384 e. The van der Waals surface area contributed by atoms with Gasteiger partial charge in [-0.15, -0.1) is 12.4 Å². The molecule has 9 heteroatoms. The number of nitrogens with one attached hydrogen (secondary N) is 3. The number of carbonyl (C=O) groups is 1. The van der Waals surface area contributed by atoms with Gasteiger partial charge in [-0.25, -0.2) is 13.1 Å². The van der Waals surface area contributed by atoms with E-state index in [1.165, 1.54) is 0 Å². The molecule has 1 aromatic carbocycles. The lowest BCUT2D eigenvalue weighted by Crippen LogP contribution is -2.47. The van der Waals surface area contributed by atoms with Crippen LogP contribution in [0.5, 0.6) is 0 Å². The highest BCUT2D eigenvalue weighted by Crippen LogP contribution is 2.28. The Labute approximate surface area is 168 Å². The molecule has 1 fully saturated rings. The lowest BCUT2D eigenvalue weighted by atomic mass is 9.79. The van der Waals surface area contributed by atoms with Crippen LogP contribution in [0.3, 0.4) is 0 Å². The molecule has 1 heterocycles. The number of amides is 1. The summed E-state index contributed by atoms with van der Waals surface area (Å²) >= 11 is 0. The molecule has 1 aliphatic heterocycles. The second kappa shape index (κ2) is 11.0. The zero-order valence-corrected chi connectivity index (χ0v) is 17.5. The summed E-state index contributed by atoms with van der Waals surface area (Å²) in [6.45, 7) is 4.89. The van der Waals surface area contributed by atoms with Gasteiger partial charge in [0.2, 0.25) is 10.0 Å². The molecule has 0 atom stereocenters. The van der Waals surface area contributed by atoms with E-state index in [2.05, 4.69) is 15.4 Å². The summed E-state index contributed by atoms with van der Waals surface area (Å²) in [6.07, 6.45) is 1.94. The van der Waals surface area contributed by atoms with Gasteiger partial charge in [-0.3, -0.25) is 4.79 Å². The SMILES string of the molecule is CCS(=O)(=O)NCc1ccc(C(=O)NCC2(COC)CCNCC2)cc1.Cl. The van der Waals surface area contributed by atoms with Crippen molar-refractivity contribution in [3.05, 3.63) is 35.4 Å². The van der Waals surface area contributed by atoms with Crippen molar-refractivity contribution in [3.8, 4) is 0 Å². The maximum absolute atomic E-state index is 12.4. The van der Waals surface area contributed by atoms with Gasteiger partial charge in [-0.05, 0) is 50.6 Å². The van der Waals surface area contributed by atoms with Crippen LogP contribution in [0.15, 0.2) is 24.3 Å². The first-order chi connectivity index (χ1) is 12.4. The van der Waals surface area contributed by atoms with E-state index in [0.29, 0.717) is 18.7 Å². The lowest BCUT2D eigenvalue weighted by Gasteiger charge is -2.37. The summed E-state index contributed by atoms with van der Waals surface area (Å²) in [5, 5.41) is 6.35. The topological polar surface area (TPSA) is 96.5 Å². The van der Waals surface area contributed by atoms with E-state index in [4.69, 9.17) is 4.74 Å². The average Bonchev–Trinajstić information content (AvgIpc) is 2.66. The Bertz CT molecular complexity index is 684. The molecule has 0 radical (unpaired) electrons. The van der Waals surface area contributed by atoms with Crippen LogP contribution >= 0.6 is 12.4 Å². The van der Waals surface area contributed by atoms with Gasteiger partial charge in [-0.2, -0.15) is 0 Å². The van der Waals surface area contributed by atoms with Crippen molar-refractivity contribution in [1.82, 2.24) is 15.4 Å². The first-order valence-corrected chi connectivity index (χ1v) is 10.6. The van der Waals surface area contributed by atoms with Crippen LogP contribution in [-0.4, -0.2) is 53.4 Å². The molecule has 0 aromatic heterocycles. The highest BCUT2D eigenvalue weighted by Gasteiger charge is 2.32. The van der Waals surface area contributed by atoms with Crippen molar-refractivity contribution < 1.29 is 17.9 Å². The molecule has 1 aliphatic rings. The molecule has 1 amide bonds. The third-order valence-corrected chi connectivity index (χ3v) is 6.18. The smallest absolute Gasteiger partial charge is 0.251 e. The van der Waals surface area contributed by atoms with Crippen LogP contribution in [0.2, 0.25) is 0 Å². The molecule has 0 unspecified atom stereocenters. The number of hydrogen-bond donors (Lipinski definition) is 3. The Morgan fingerprint density at radius 2 is 1.85 bits per heavy atom. The summed E-state index contributed by atoms with van der Waals surface area (Å²) < 4.78 is 30.8. The van der Waals surface area contributed by atoms with Gasteiger partial charge in [0.25, 0.3) is 5.91 Å². The van der Waals surface area contributed by atoms with E-state index in [0.717, 1.165) is 31.5 Å². The van der Waals surface area contributed by atoms with Gasteiger partial charge in [-0.1, -0.05) is 12.1 Å². The first kappa shape index (κ1) is 23.8. The van der Waals surface area contributed by atoms with Gasteiger partial charge >= 0.3 is 0 Å². The number of sulfonamides is 1. The number of benzene rings is 1. The fourth-order valence-corrected chi connectivity index (χ4v) is 3.67. The molecule has 154 valence electrons. The Morgan fingerprint density at radius 3 is 2.41 bits per heavy atom. The molecule has 2 rings (SSSR count). The third-order valence-electron chi connectivity index (χ3n) is 4.83. The summed E-state index contributed by atoms with van der Waals surface area (Å²) in [5.41, 5.74) is 1.36. The summed E-state index contributed by atoms with van der Waals surface area (Å²) in [7, 11) is -1.53. The number of ether oxygens (including phenoxy) is 1. The number of halogens is 1. The Balaban J connectivity index is 0.00000364. The molecule has 3 N–H and O–H groups in total. The minimum absolute atomic E-state index is 0. The summed E-state index contributed by atoms with van der Waals surface area (Å²) in [5.74, 6) is -0.0774. The van der Waals surface area contributed by atoms with E-state index in [1.807, 2.05) is 0 Å². The van der Waals surface area contributed by atoms with E-state index < -0.39 is 10.0 Å². The standard InChI is InChI=1S/C18H29N3O4S.ClH/c1-3-26(23,24)21-12-15-4-6-16(7-5-15)17(22)20-13-18(14-25-2)8-10-19-11-9-18;/h4-7,19,21H,3,8-14H2,1-2H3,(H,20,22);1H. The number of hydrogen-bond acceptors (Lipinski definition) is 5. The molecule has 27 heavy (non-hydrogen) atoms. The number of carbonyl (C=O) groups excluding carboxylic acids is 1. The van der Waals surface area contributed by atoms with Crippen LogP contribution in [0.1, 0.15) is 35.7 Å². The van der Waals surface area contributed by atoms with Crippen molar-refractivity contribution in [2.45, 2.75) is 26.3 Å². The predicted molar refractivity (Wildman–Crippen MR) is 109 cm³/mol. The minimum atomic E-state index is -3.22. The van der Waals surface area contributed by atoms with Crippen LogP contribution in [-0.2, 0) is 21.3 Å². The van der Waals surface area contributed by atoms with Gasteiger partial charge in [0.15, 0.2) is 0 Å². The van der Waals surface area contributed by atoms with E-state index >= 15 is 0 Å². The molecule has 0 saturated carbocycles. The van der Waals surface area contributed by atoms with Gasteiger partial charge in [0.05, 0.1) is 12.4 Å². The van der Waals surface area contributed by atoms with E-state index in [9.17, 15) is 13.2 Å². The molecule has 0 aliphatic carbocycles. The Hall–Kier alpha value is -1.19. The Kier molecular flexibility index (Phi) is 9.69. The van der Waals surface area contributed by atoms with Gasteiger partial charge < -0.3 is 15.4 Å². The zero-order chi connectivity index (χ0) is 19.0. The molecule has 1 saturated heterocycles. The second-order valence-electron chi connectivity index (χ2n) is 6.79. The number of rotatable bonds is 9. The average molecular weight is 420 g/mol. The van der Waals surface area contributed by atoms with Gasteiger partial charge in [0, 0.05) is 31.2 Å². The first-order valence-electron chi connectivity index (χ1n) is 8.94. The maximum atomic E-state index is 12.4. The Morgan fingerprint density at radius 1 is 1.22 bits per heavy atom. The molecule has 1 aromatic rings. The third kappa shape index (κ3) is 7.38. The highest BCUT2D eigenvalue weighted by molar-refractivity contribution is 7.89. The van der Waals surface area contributed by atoms with Crippen molar-refractivity contribution in [1.29, 1.82) is 0 Å². The molecule has 0 bridgehead atoms. The largest absolute Gasteiger partial charge is 0.384 e. The van der Waals surface area contributed by atoms with E-state index in [-0.39, 0.29) is 36.0 Å². The lowest BCUT2D eigenvalue weighted by molar-refractivity contribution is 0.0512. The molecular formula is C18H30ClN3O4S. The normalized spacial score (nSPS) is 16.4. The molecular weight excluding hydrogens is 390 g/mol. The number of piperidine rings is 1. The van der Waals surface area contributed by atoms with Crippen LogP contribution in [0, 0.1) is 5.41 Å². The van der Waals surface area contributed by atoms with Crippen LogP contribution in [0.4, 0.5) is 0 Å². The van der Waals surface area contributed by atoms with Crippen LogP contribution in [0.25, 0.3) is 0 Å². The molecule has 7 nitrogen and oxygen atoms in total. The van der Waals surface area contributed by atoms with Crippen LogP contribution < -0.4 is 15.4 Å². The fraction of sp³-hybridized carbons (Fsp3) is 0.611. The quantitative estimate of drug-likeness (QED) is 0.560. The monoisotopic (exact) mass is 419 g/mol. The molecule has 0 spiro atoms. The summed E-state index contributed by atoms with van der Waals surface area (Å²) in [4.78, 5) is 12.4. The second-order valence-corrected chi connectivity index (χ2v) is 8.88. The predicted octanol–water partition coefficient (Wildman–Crippen LogP) is 1.29. The van der Waals surface area contributed by atoms with Crippen molar-refractivity contribution in [3.63, 3.8) is 0 Å². The highest BCUT2D eigenvalue weighted by atomic mass is 35.5. The fourth-order valence-electron chi connectivity index (χ4n) is 3.07. The van der Waals surface area contributed by atoms with Crippen molar-refractivity contribution in [2.24, 2.45) is 5.41 Å². The summed E-state index contributed by atoms with van der Waals surface area (Å²) in [6, 6.07) is 6.97. The zero-order valence-electron chi connectivity index (χ0n) is 15.9. The van der Waals surface area contributed by atoms with Crippen molar-refractivity contribution >= 4 is 28.3 Å². The van der Waals surface area contributed by atoms with E-state index in [1.54, 1.807) is 38.3 Å².